The van der Waals surface area contributed by atoms with Gasteiger partial charge in [0.1, 0.15) is 0 Å². The number of carbonyl (C=O) groups is 1. The highest BCUT2D eigenvalue weighted by Gasteiger charge is 2.22. The predicted molar refractivity (Wildman–Crippen MR) is 54.2 cm³/mol. The zero-order valence-corrected chi connectivity index (χ0v) is 8.12. The number of hydrogen-bond donors (Lipinski definition) is 1. The van der Waals surface area contributed by atoms with Crippen LogP contribution in [0.3, 0.4) is 0 Å². The number of nitrogens with one attached hydrogen (secondary N) is 1. The minimum absolute atomic E-state index is 0.157. The molecular weight excluding hydrogens is 178 g/mol. The number of ether oxygens (including phenoxy) is 1. The van der Waals surface area contributed by atoms with E-state index in [2.05, 4.69) is 16.1 Å². The van der Waals surface area contributed by atoms with Crippen molar-refractivity contribution < 1.29 is 9.53 Å². The molecule has 1 heterocycles. The summed E-state index contributed by atoms with van der Waals surface area (Å²) in [5, 5.41) is 3.30. The molecule has 14 heavy (non-hydrogen) atoms. The topological polar surface area (TPSA) is 38.3 Å². The molecule has 74 valence electrons. The summed E-state index contributed by atoms with van der Waals surface area (Å²) in [7, 11) is 1.42. The monoisotopic (exact) mass is 191 g/mol. The third kappa shape index (κ3) is 1.71. The lowest BCUT2D eigenvalue weighted by atomic mass is 10.1. The number of benzene rings is 1. The van der Waals surface area contributed by atoms with E-state index in [0.717, 1.165) is 12.1 Å². The van der Waals surface area contributed by atoms with Crippen molar-refractivity contribution in [3.8, 4) is 0 Å². The van der Waals surface area contributed by atoms with Gasteiger partial charge in [-0.3, -0.25) is 4.79 Å². The second kappa shape index (κ2) is 3.70. The lowest BCUT2D eigenvalue weighted by Gasteiger charge is -2.08. The van der Waals surface area contributed by atoms with Gasteiger partial charge in [-0.25, -0.2) is 0 Å². The van der Waals surface area contributed by atoms with E-state index in [0.29, 0.717) is 6.42 Å². The van der Waals surface area contributed by atoms with Gasteiger partial charge >= 0.3 is 5.97 Å². The van der Waals surface area contributed by atoms with Crippen molar-refractivity contribution in [2.45, 2.75) is 18.9 Å². The van der Waals surface area contributed by atoms with Crippen LogP contribution in [0.15, 0.2) is 24.3 Å². The summed E-state index contributed by atoms with van der Waals surface area (Å²) in [4.78, 5) is 11.1. The molecule has 1 aromatic carbocycles. The molecule has 3 nitrogen and oxygen atoms in total. The Morgan fingerprint density at radius 1 is 1.57 bits per heavy atom. The van der Waals surface area contributed by atoms with E-state index in [1.165, 1.54) is 12.7 Å². The fourth-order valence-corrected chi connectivity index (χ4v) is 1.78. The number of hydrogen-bond acceptors (Lipinski definition) is 3. The lowest BCUT2D eigenvalue weighted by Crippen LogP contribution is -2.20. The first-order valence-electron chi connectivity index (χ1n) is 4.71. The Hall–Kier alpha value is -1.51. The maximum absolute atomic E-state index is 11.1. The molecule has 3 heteroatoms. The van der Waals surface area contributed by atoms with E-state index in [1.807, 2.05) is 18.2 Å². The average Bonchev–Trinajstić information content (AvgIpc) is 2.59. The molecule has 0 saturated carbocycles. The van der Waals surface area contributed by atoms with Crippen molar-refractivity contribution in [1.82, 2.24) is 0 Å². The van der Waals surface area contributed by atoms with E-state index in [1.54, 1.807) is 0 Å². The van der Waals surface area contributed by atoms with Crippen LogP contribution in [0.2, 0.25) is 0 Å². The third-order valence-electron chi connectivity index (χ3n) is 2.48. The van der Waals surface area contributed by atoms with Crippen molar-refractivity contribution in [1.29, 1.82) is 0 Å². The minimum Gasteiger partial charge on any atom is -0.469 e. The maximum atomic E-state index is 11.1. The fourth-order valence-electron chi connectivity index (χ4n) is 1.78. The highest BCUT2D eigenvalue weighted by Crippen LogP contribution is 2.26. The highest BCUT2D eigenvalue weighted by molar-refractivity contribution is 5.72. The van der Waals surface area contributed by atoms with E-state index >= 15 is 0 Å². The Kier molecular flexibility index (Phi) is 2.39. The molecule has 0 aromatic heterocycles. The standard InChI is InChI=1S/C11H13NO2/c1-14-11(13)7-9-6-8-4-2-3-5-10(8)12-9/h2-5,9,12H,6-7H2,1H3. The smallest absolute Gasteiger partial charge is 0.307 e. The molecule has 1 unspecified atom stereocenters. The van der Waals surface area contributed by atoms with Crippen LogP contribution in [0, 0.1) is 0 Å². The normalized spacial score (nSPS) is 18.5. The molecule has 2 rings (SSSR count). The summed E-state index contributed by atoms with van der Waals surface area (Å²) in [6.45, 7) is 0. The summed E-state index contributed by atoms with van der Waals surface area (Å²) in [6.07, 6.45) is 1.34. The second-order valence-electron chi connectivity index (χ2n) is 3.48. The predicted octanol–water partition coefficient (Wildman–Crippen LogP) is 1.59. The van der Waals surface area contributed by atoms with Crippen LogP contribution in [-0.4, -0.2) is 19.1 Å². The fraction of sp³-hybridized carbons (Fsp3) is 0.364. The summed E-state index contributed by atoms with van der Waals surface area (Å²) >= 11 is 0. The molecule has 1 aromatic rings. The Bertz CT molecular complexity index is 324. The summed E-state index contributed by atoms with van der Waals surface area (Å²) in [5.41, 5.74) is 2.42. The van der Waals surface area contributed by atoms with E-state index in [-0.39, 0.29) is 12.0 Å². The van der Waals surface area contributed by atoms with Gasteiger partial charge in [-0.1, -0.05) is 18.2 Å². The first-order valence-corrected chi connectivity index (χ1v) is 4.71. The zero-order valence-electron chi connectivity index (χ0n) is 8.12. The zero-order chi connectivity index (χ0) is 9.97. The van der Waals surface area contributed by atoms with Gasteiger partial charge < -0.3 is 10.1 Å². The summed E-state index contributed by atoms with van der Waals surface area (Å²) in [5.74, 6) is -0.157. The number of carbonyl (C=O) groups excluding carboxylic acids is 1. The van der Waals surface area contributed by atoms with Crippen molar-refractivity contribution in [2.24, 2.45) is 0 Å². The highest BCUT2D eigenvalue weighted by atomic mass is 16.5. The summed E-state index contributed by atoms with van der Waals surface area (Å²) in [6, 6.07) is 8.32. The van der Waals surface area contributed by atoms with Crippen LogP contribution in [0.1, 0.15) is 12.0 Å². The Morgan fingerprint density at radius 3 is 3.07 bits per heavy atom. The molecular formula is C11H13NO2. The molecule has 0 saturated heterocycles. The largest absolute Gasteiger partial charge is 0.469 e. The number of fused-ring (bicyclic) bond motifs is 1. The van der Waals surface area contributed by atoms with Gasteiger partial charge in [-0.15, -0.1) is 0 Å². The van der Waals surface area contributed by atoms with Gasteiger partial charge in [0.25, 0.3) is 0 Å². The average molecular weight is 191 g/mol. The number of anilines is 1. The van der Waals surface area contributed by atoms with Crippen molar-refractivity contribution >= 4 is 11.7 Å². The first kappa shape index (κ1) is 9.06. The van der Waals surface area contributed by atoms with Gasteiger partial charge in [-0.2, -0.15) is 0 Å². The van der Waals surface area contributed by atoms with Gasteiger partial charge in [0.15, 0.2) is 0 Å². The Balaban J connectivity index is 2.01. The Labute approximate surface area is 83.1 Å². The molecule has 0 fully saturated rings. The van der Waals surface area contributed by atoms with Crippen LogP contribution < -0.4 is 5.32 Å². The number of methoxy groups -OCH3 is 1. The van der Waals surface area contributed by atoms with Crippen LogP contribution in [-0.2, 0) is 16.0 Å². The quantitative estimate of drug-likeness (QED) is 0.721. The molecule has 0 bridgehead atoms. The molecule has 0 aliphatic carbocycles. The molecule has 1 N–H and O–H groups in total. The van der Waals surface area contributed by atoms with E-state index in [4.69, 9.17) is 0 Å². The van der Waals surface area contributed by atoms with E-state index in [9.17, 15) is 4.79 Å². The van der Waals surface area contributed by atoms with Crippen LogP contribution >= 0.6 is 0 Å². The number of esters is 1. The molecule has 1 aliphatic heterocycles. The SMILES string of the molecule is COC(=O)CC1Cc2ccccc2N1. The number of para-hydroxylation sites is 1. The maximum Gasteiger partial charge on any atom is 0.307 e. The minimum atomic E-state index is -0.157. The molecule has 1 atom stereocenters. The van der Waals surface area contributed by atoms with Gasteiger partial charge in [0.05, 0.1) is 13.5 Å². The van der Waals surface area contributed by atoms with Gasteiger partial charge in [0, 0.05) is 11.7 Å². The van der Waals surface area contributed by atoms with Crippen LogP contribution in [0.4, 0.5) is 5.69 Å². The van der Waals surface area contributed by atoms with Crippen molar-refractivity contribution in [3.05, 3.63) is 29.8 Å². The van der Waals surface area contributed by atoms with Crippen molar-refractivity contribution in [2.75, 3.05) is 12.4 Å². The molecule has 0 amide bonds. The van der Waals surface area contributed by atoms with Crippen molar-refractivity contribution in [3.63, 3.8) is 0 Å². The number of rotatable bonds is 2. The van der Waals surface area contributed by atoms with Gasteiger partial charge in [-0.05, 0) is 18.1 Å². The van der Waals surface area contributed by atoms with Gasteiger partial charge in [0.2, 0.25) is 0 Å². The molecule has 1 aliphatic rings. The molecule has 0 spiro atoms. The first-order chi connectivity index (χ1) is 6.79. The van der Waals surface area contributed by atoms with Crippen LogP contribution in [0.25, 0.3) is 0 Å². The lowest BCUT2D eigenvalue weighted by molar-refractivity contribution is -0.140. The summed E-state index contributed by atoms with van der Waals surface area (Å²) < 4.78 is 4.63. The molecule has 0 radical (unpaired) electrons. The third-order valence-corrected chi connectivity index (χ3v) is 2.48. The Morgan fingerprint density at radius 2 is 2.36 bits per heavy atom. The van der Waals surface area contributed by atoms with Crippen LogP contribution in [0.5, 0.6) is 0 Å². The van der Waals surface area contributed by atoms with E-state index < -0.39 is 0 Å². The second-order valence-corrected chi connectivity index (χ2v) is 3.48.